The zero-order chi connectivity index (χ0) is 28.9. The summed E-state index contributed by atoms with van der Waals surface area (Å²) in [5, 5.41) is 3.54. The van der Waals surface area contributed by atoms with E-state index < -0.39 is 34.3 Å². The van der Waals surface area contributed by atoms with E-state index in [9.17, 15) is 22.4 Å². The van der Waals surface area contributed by atoms with Crippen molar-refractivity contribution in [2.45, 2.75) is 63.1 Å². The second-order valence-electron chi connectivity index (χ2n) is 10.1. The fraction of sp³-hybridized carbons (Fsp3) is 0.333. The van der Waals surface area contributed by atoms with E-state index in [-0.39, 0.29) is 29.1 Å². The average Bonchev–Trinajstić information content (AvgIpc) is 3.44. The lowest BCUT2D eigenvalue weighted by atomic mass is 10.1. The molecule has 1 aliphatic carbocycles. The van der Waals surface area contributed by atoms with Crippen molar-refractivity contribution in [1.29, 1.82) is 0 Å². The minimum Gasteiger partial charge on any atom is -0.352 e. The number of rotatable bonds is 10. The Labute approximate surface area is 240 Å². The zero-order valence-corrected chi connectivity index (χ0v) is 24.1. The van der Waals surface area contributed by atoms with Gasteiger partial charge in [0.15, 0.2) is 0 Å². The first-order chi connectivity index (χ1) is 19.1. The molecule has 2 amide bonds. The van der Waals surface area contributed by atoms with Crippen LogP contribution in [0.5, 0.6) is 0 Å². The number of sulfonamides is 1. The highest BCUT2D eigenvalue weighted by Gasteiger charge is 2.34. The number of aryl methyl sites for hydroxylation is 1. The van der Waals surface area contributed by atoms with Crippen molar-refractivity contribution in [3.63, 3.8) is 0 Å². The molecule has 1 fully saturated rings. The first-order valence-electron chi connectivity index (χ1n) is 13.2. The summed E-state index contributed by atoms with van der Waals surface area (Å²) >= 11 is 6.03. The van der Waals surface area contributed by atoms with Gasteiger partial charge in [-0.2, -0.15) is 0 Å². The Morgan fingerprint density at radius 3 is 2.25 bits per heavy atom. The van der Waals surface area contributed by atoms with Crippen LogP contribution in [0.2, 0.25) is 5.02 Å². The molecule has 0 radical (unpaired) electrons. The van der Waals surface area contributed by atoms with E-state index in [0.29, 0.717) is 10.6 Å². The molecule has 1 aliphatic rings. The Hall–Kier alpha value is -3.43. The number of carbonyl (C=O) groups is 2. The predicted molar refractivity (Wildman–Crippen MR) is 154 cm³/mol. The summed E-state index contributed by atoms with van der Waals surface area (Å²) in [6, 6.07) is 17.5. The number of halogens is 2. The van der Waals surface area contributed by atoms with Crippen LogP contribution in [-0.2, 0) is 26.2 Å². The standard InChI is InChI=1S/C30H33ClFN3O4S/c1-21-11-17-26(18-12-21)40(38,39)35(28-10-6-5-9-27(28)32)20-29(36)34(19-23-13-15-24(31)16-14-23)22(2)30(37)33-25-7-3-4-8-25/h5-6,9-18,22,25H,3-4,7-8,19-20H2,1-2H3,(H,33,37)/t22-/m1/s1. The van der Waals surface area contributed by atoms with E-state index in [2.05, 4.69) is 5.32 Å². The van der Waals surface area contributed by atoms with Crippen molar-refractivity contribution >= 4 is 39.1 Å². The van der Waals surface area contributed by atoms with Gasteiger partial charge in [-0.05, 0) is 68.7 Å². The smallest absolute Gasteiger partial charge is 0.264 e. The van der Waals surface area contributed by atoms with Gasteiger partial charge in [0, 0.05) is 17.6 Å². The molecule has 10 heteroatoms. The highest BCUT2D eigenvalue weighted by molar-refractivity contribution is 7.92. The first-order valence-corrected chi connectivity index (χ1v) is 15.1. The summed E-state index contributed by atoms with van der Waals surface area (Å²) in [7, 11) is -4.34. The number of nitrogens with zero attached hydrogens (tertiary/aromatic N) is 2. The number of hydrogen-bond acceptors (Lipinski definition) is 4. The van der Waals surface area contributed by atoms with E-state index in [1.807, 2.05) is 6.92 Å². The Bertz CT molecular complexity index is 1440. The molecular weight excluding hydrogens is 553 g/mol. The second-order valence-corrected chi connectivity index (χ2v) is 12.4. The Kier molecular flexibility index (Phi) is 9.48. The molecule has 1 saturated carbocycles. The maximum Gasteiger partial charge on any atom is 0.264 e. The summed E-state index contributed by atoms with van der Waals surface area (Å²) in [5.74, 6) is -1.77. The van der Waals surface area contributed by atoms with Crippen LogP contribution < -0.4 is 9.62 Å². The Morgan fingerprint density at radius 1 is 1.00 bits per heavy atom. The van der Waals surface area contributed by atoms with Crippen LogP contribution in [0, 0.1) is 12.7 Å². The summed E-state index contributed by atoms with van der Waals surface area (Å²) in [5.41, 5.74) is 1.30. The van der Waals surface area contributed by atoms with Gasteiger partial charge in [0.1, 0.15) is 18.4 Å². The highest BCUT2D eigenvalue weighted by Crippen LogP contribution is 2.27. The number of amides is 2. The molecule has 7 nitrogen and oxygen atoms in total. The lowest BCUT2D eigenvalue weighted by Gasteiger charge is -2.32. The molecule has 0 bridgehead atoms. The summed E-state index contributed by atoms with van der Waals surface area (Å²) < 4.78 is 43.3. The lowest BCUT2D eigenvalue weighted by Crippen LogP contribution is -2.52. The van der Waals surface area contributed by atoms with E-state index in [0.717, 1.165) is 41.6 Å². The van der Waals surface area contributed by atoms with Crippen LogP contribution in [0.4, 0.5) is 10.1 Å². The number of carbonyl (C=O) groups excluding carboxylic acids is 2. The van der Waals surface area contributed by atoms with Crippen LogP contribution in [0.1, 0.15) is 43.7 Å². The maximum absolute atomic E-state index is 15.0. The van der Waals surface area contributed by atoms with Gasteiger partial charge in [-0.15, -0.1) is 0 Å². The van der Waals surface area contributed by atoms with Crippen LogP contribution in [0.3, 0.4) is 0 Å². The topological polar surface area (TPSA) is 86.8 Å². The molecule has 3 aromatic carbocycles. The fourth-order valence-corrected chi connectivity index (χ4v) is 6.31. The molecule has 0 unspecified atom stereocenters. The van der Waals surface area contributed by atoms with Gasteiger partial charge in [0.25, 0.3) is 10.0 Å². The van der Waals surface area contributed by atoms with Crippen molar-refractivity contribution in [3.8, 4) is 0 Å². The normalized spacial score (nSPS) is 14.5. The van der Waals surface area contributed by atoms with Gasteiger partial charge >= 0.3 is 0 Å². The van der Waals surface area contributed by atoms with E-state index >= 15 is 0 Å². The summed E-state index contributed by atoms with van der Waals surface area (Å²) in [6.45, 7) is 2.76. The summed E-state index contributed by atoms with van der Waals surface area (Å²) in [6.07, 6.45) is 3.81. The number of benzene rings is 3. The second kappa shape index (κ2) is 12.8. The van der Waals surface area contributed by atoms with Crippen molar-refractivity contribution < 1.29 is 22.4 Å². The molecule has 0 aliphatic heterocycles. The zero-order valence-electron chi connectivity index (χ0n) is 22.5. The third-order valence-corrected chi connectivity index (χ3v) is 9.17. The van der Waals surface area contributed by atoms with Gasteiger partial charge in [0.2, 0.25) is 11.8 Å². The van der Waals surface area contributed by atoms with Crippen LogP contribution in [0.15, 0.2) is 77.7 Å². The largest absolute Gasteiger partial charge is 0.352 e. The van der Waals surface area contributed by atoms with Gasteiger partial charge in [-0.1, -0.05) is 66.4 Å². The summed E-state index contributed by atoms with van der Waals surface area (Å²) in [4.78, 5) is 28.4. The molecule has 0 aromatic heterocycles. The molecular formula is C30H33ClFN3O4S. The third kappa shape index (κ3) is 7.01. The molecule has 0 heterocycles. The highest BCUT2D eigenvalue weighted by atomic mass is 35.5. The Balaban J connectivity index is 1.69. The van der Waals surface area contributed by atoms with Crippen molar-refractivity contribution in [1.82, 2.24) is 10.2 Å². The van der Waals surface area contributed by atoms with Crippen LogP contribution in [0.25, 0.3) is 0 Å². The Morgan fingerprint density at radius 2 is 1.62 bits per heavy atom. The molecule has 1 atom stereocenters. The SMILES string of the molecule is Cc1ccc(S(=O)(=O)N(CC(=O)N(Cc2ccc(Cl)cc2)[C@H](C)C(=O)NC2CCCC2)c2ccccc2F)cc1. The molecule has 0 spiro atoms. The number of nitrogens with one attached hydrogen (secondary N) is 1. The van der Waals surface area contributed by atoms with Gasteiger partial charge < -0.3 is 10.2 Å². The molecule has 40 heavy (non-hydrogen) atoms. The van der Waals surface area contributed by atoms with E-state index in [4.69, 9.17) is 11.6 Å². The van der Waals surface area contributed by atoms with E-state index in [1.165, 1.54) is 35.2 Å². The van der Waals surface area contributed by atoms with Crippen molar-refractivity contribution in [2.75, 3.05) is 10.8 Å². The predicted octanol–water partition coefficient (Wildman–Crippen LogP) is 5.46. The quantitative estimate of drug-likeness (QED) is 0.342. The molecule has 1 N–H and O–H groups in total. The number of hydrogen-bond donors (Lipinski definition) is 1. The molecule has 0 saturated heterocycles. The maximum atomic E-state index is 15.0. The first kappa shape index (κ1) is 29.6. The minimum absolute atomic E-state index is 0.0327. The van der Waals surface area contributed by atoms with Crippen LogP contribution in [-0.4, -0.2) is 43.8 Å². The minimum atomic E-state index is -4.34. The van der Waals surface area contributed by atoms with Gasteiger partial charge in [0.05, 0.1) is 10.6 Å². The lowest BCUT2D eigenvalue weighted by molar-refractivity contribution is -0.139. The third-order valence-electron chi connectivity index (χ3n) is 7.14. The number of anilines is 1. The van der Waals surface area contributed by atoms with Gasteiger partial charge in [-0.3, -0.25) is 13.9 Å². The molecule has 212 valence electrons. The average molecular weight is 586 g/mol. The molecule has 4 rings (SSSR count). The number of para-hydroxylation sites is 1. The molecule has 3 aromatic rings. The fourth-order valence-electron chi connectivity index (χ4n) is 4.77. The van der Waals surface area contributed by atoms with Crippen molar-refractivity contribution in [3.05, 3.63) is 94.8 Å². The van der Waals surface area contributed by atoms with Gasteiger partial charge in [-0.25, -0.2) is 12.8 Å². The van der Waals surface area contributed by atoms with E-state index in [1.54, 1.807) is 43.3 Å². The monoisotopic (exact) mass is 585 g/mol. The van der Waals surface area contributed by atoms with Crippen molar-refractivity contribution in [2.24, 2.45) is 0 Å². The van der Waals surface area contributed by atoms with Crippen LogP contribution >= 0.6 is 11.6 Å².